The monoisotopic (exact) mass is 291 g/mol. The Balaban J connectivity index is 2.14. The first-order valence-electron chi connectivity index (χ1n) is 6.23. The van der Waals surface area contributed by atoms with Gasteiger partial charge in [-0.1, -0.05) is 29.8 Å². The molecule has 0 aliphatic heterocycles. The Bertz CT molecular complexity index is 625. The summed E-state index contributed by atoms with van der Waals surface area (Å²) in [5, 5.41) is 0.646. The number of amides is 1. The van der Waals surface area contributed by atoms with E-state index in [-0.39, 0.29) is 11.5 Å². The Kier molecular flexibility index (Phi) is 4.40. The largest absolute Gasteiger partial charge is 0.337 e. The van der Waals surface area contributed by atoms with Crippen molar-refractivity contribution in [2.45, 2.75) is 13.5 Å². The minimum atomic E-state index is -0.488. The third-order valence-electron chi connectivity index (χ3n) is 3.03. The van der Waals surface area contributed by atoms with E-state index in [0.29, 0.717) is 11.6 Å². The van der Waals surface area contributed by atoms with E-state index >= 15 is 0 Å². The van der Waals surface area contributed by atoms with Crippen LogP contribution in [0.1, 0.15) is 21.5 Å². The average Bonchev–Trinajstić information content (AvgIpc) is 2.40. The van der Waals surface area contributed by atoms with Crippen LogP contribution < -0.4 is 0 Å². The molecular weight excluding hydrogens is 277 g/mol. The van der Waals surface area contributed by atoms with Crippen LogP contribution in [0.15, 0.2) is 42.5 Å². The van der Waals surface area contributed by atoms with Gasteiger partial charge < -0.3 is 4.90 Å². The average molecular weight is 292 g/mol. The Hall–Kier alpha value is -1.87. The van der Waals surface area contributed by atoms with Crippen molar-refractivity contribution >= 4 is 17.5 Å². The van der Waals surface area contributed by atoms with Crippen LogP contribution in [0.5, 0.6) is 0 Å². The fourth-order valence-electron chi connectivity index (χ4n) is 1.93. The molecule has 0 atom stereocenters. The number of aryl methyl sites for hydroxylation is 1. The predicted octanol–water partition coefficient (Wildman–Crippen LogP) is 4.06. The maximum absolute atomic E-state index is 13.8. The lowest BCUT2D eigenvalue weighted by Gasteiger charge is -2.18. The number of rotatable bonds is 3. The smallest absolute Gasteiger partial charge is 0.256 e. The predicted molar refractivity (Wildman–Crippen MR) is 78.4 cm³/mol. The molecule has 0 aliphatic rings. The minimum absolute atomic E-state index is 0.0899. The van der Waals surface area contributed by atoms with Crippen molar-refractivity contribution in [3.8, 4) is 0 Å². The molecule has 0 aliphatic carbocycles. The molecule has 0 aromatic heterocycles. The molecule has 0 radical (unpaired) electrons. The summed E-state index contributed by atoms with van der Waals surface area (Å²) in [5.74, 6) is -0.824. The van der Waals surface area contributed by atoms with Crippen molar-refractivity contribution in [1.82, 2.24) is 4.90 Å². The van der Waals surface area contributed by atoms with E-state index in [2.05, 4.69) is 0 Å². The number of benzene rings is 2. The van der Waals surface area contributed by atoms with E-state index < -0.39 is 5.82 Å². The van der Waals surface area contributed by atoms with Crippen LogP contribution in [0.3, 0.4) is 0 Å². The molecule has 0 fully saturated rings. The molecule has 0 unspecified atom stereocenters. The number of halogens is 2. The lowest BCUT2D eigenvalue weighted by atomic mass is 10.1. The van der Waals surface area contributed by atoms with Crippen LogP contribution in [-0.2, 0) is 6.54 Å². The van der Waals surface area contributed by atoms with Crippen molar-refractivity contribution in [3.63, 3.8) is 0 Å². The Morgan fingerprint density at radius 2 is 1.85 bits per heavy atom. The normalized spacial score (nSPS) is 10.4. The fraction of sp³-hybridized carbons (Fsp3) is 0.188. The lowest BCUT2D eigenvalue weighted by Crippen LogP contribution is -2.27. The number of hydrogen-bond acceptors (Lipinski definition) is 1. The summed E-state index contributed by atoms with van der Waals surface area (Å²) in [5.41, 5.74) is 1.82. The number of carbonyl (C=O) groups is 1. The van der Waals surface area contributed by atoms with E-state index in [4.69, 9.17) is 11.6 Å². The minimum Gasteiger partial charge on any atom is -0.337 e. The quantitative estimate of drug-likeness (QED) is 0.835. The first kappa shape index (κ1) is 14.5. The molecule has 20 heavy (non-hydrogen) atoms. The number of carbonyl (C=O) groups excluding carboxylic acids is 1. The van der Waals surface area contributed by atoms with E-state index in [1.54, 1.807) is 32.2 Å². The summed E-state index contributed by atoms with van der Waals surface area (Å²) >= 11 is 5.81. The van der Waals surface area contributed by atoms with E-state index in [0.717, 1.165) is 11.1 Å². The molecule has 4 heteroatoms. The zero-order chi connectivity index (χ0) is 14.7. The van der Waals surface area contributed by atoms with Gasteiger partial charge in [0.25, 0.3) is 5.91 Å². The summed E-state index contributed by atoms with van der Waals surface area (Å²) in [4.78, 5) is 13.7. The molecule has 1 amide bonds. The molecule has 2 rings (SSSR count). The van der Waals surface area contributed by atoms with Crippen LogP contribution in [0, 0.1) is 12.7 Å². The number of hydrogen-bond donors (Lipinski definition) is 0. The van der Waals surface area contributed by atoms with Crippen molar-refractivity contribution in [3.05, 3.63) is 70.0 Å². The van der Waals surface area contributed by atoms with Crippen LogP contribution in [0.4, 0.5) is 4.39 Å². The molecule has 0 heterocycles. The van der Waals surface area contributed by atoms with Gasteiger partial charge in [0, 0.05) is 18.6 Å². The SMILES string of the molecule is Cc1ccc(C(=O)N(C)Cc2ccc(Cl)cc2)c(F)c1. The fourth-order valence-corrected chi connectivity index (χ4v) is 2.06. The van der Waals surface area contributed by atoms with Crippen molar-refractivity contribution in [1.29, 1.82) is 0 Å². The van der Waals surface area contributed by atoms with Gasteiger partial charge in [-0.15, -0.1) is 0 Å². The second-order valence-electron chi connectivity index (χ2n) is 4.77. The van der Waals surface area contributed by atoms with Gasteiger partial charge in [0.05, 0.1) is 5.56 Å². The topological polar surface area (TPSA) is 20.3 Å². The van der Waals surface area contributed by atoms with Gasteiger partial charge in [-0.05, 0) is 42.3 Å². The van der Waals surface area contributed by atoms with Crippen LogP contribution >= 0.6 is 11.6 Å². The van der Waals surface area contributed by atoms with E-state index in [1.165, 1.54) is 17.0 Å². The van der Waals surface area contributed by atoms with Gasteiger partial charge in [-0.2, -0.15) is 0 Å². The Morgan fingerprint density at radius 1 is 1.20 bits per heavy atom. The first-order chi connectivity index (χ1) is 9.47. The van der Waals surface area contributed by atoms with Crippen molar-refractivity contribution < 1.29 is 9.18 Å². The van der Waals surface area contributed by atoms with Crippen LogP contribution in [0.25, 0.3) is 0 Å². The second-order valence-corrected chi connectivity index (χ2v) is 5.21. The van der Waals surface area contributed by atoms with Gasteiger partial charge in [0.15, 0.2) is 0 Å². The van der Waals surface area contributed by atoms with Gasteiger partial charge in [0.2, 0.25) is 0 Å². The molecule has 0 N–H and O–H groups in total. The second kappa shape index (κ2) is 6.06. The number of nitrogens with zero attached hydrogens (tertiary/aromatic N) is 1. The van der Waals surface area contributed by atoms with E-state index in [1.807, 2.05) is 12.1 Å². The van der Waals surface area contributed by atoms with E-state index in [9.17, 15) is 9.18 Å². The molecule has 104 valence electrons. The molecule has 2 aromatic rings. The first-order valence-corrected chi connectivity index (χ1v) is 6.61. The van der Waals surface area contributed by atoms with Crippen molar-refractivity contribution in [2.24, 2.45) is 0 Å². The Labute approximate surface area is 122 Å². The summed E-state index contributed by atoms with van der Waals surface area (Å²) < 4.78 is 13.8. The molecule has 0 saturated heterocycles. The molecule has 0 spiro atoms. The maximum atomic E-state index is 13.8. The summed E-state index contributed by atoms with van der Waals surface area (Å²) in [6.45, 7) is 2.19. The summed E-state index contributed by atoms with van der Waals surface area (Å²) in [7, 11) is 1.65. The van der Waals surface area contributed by atoms with Crippen LogP contribution in [-0.4, -0.2) is 17.9 Å². The standard InChI is InChI=1S/C16H15ClFNO/c1-11-3-8-14(15(18)9-11)16(20)19(2)10-12-4-6-13(17)7-5-12/h3-9H,10H2,1-2H3. The molecule has 2 aromatic carbocycles. The van der Waals surface area contributed by atoms with Gasteiger partial charge in [-0.3, -0.25) is 4.79 Å². The highest BCUT2D eigenvalue weighted by molar-refractivity contribution is 6.30. The van der Waals surface area contributed by atoms with Crippen molar-refractivity contribution in [2.75, 3.05) is 7.05 Å². The molecule has 0 saturated carbocycles. The molecule has 0 bridgehead atoms. The highest BCUT2D eigenvalue weighted by Crippen LogP contribution is 2.15. The Morgan fingerprint density at radius 3 is 2.45 bits per heavy atom. The van der Waals surface area contributed by atoms with Gasteiger partial charge in [0.1, 0.15) is 5.82 Å². The summed E-state index contributed by atoms with van der Waals surface area (Å²) in [6.07, 6.45) is 0. The summed E-state index contributed by atoms with van der Waals surface area (Å²) in [6, 6.07) is 11.8. The van der Waals surface area contributed by atoms with Crippen LogP contribution in [0.2, 0.25) is 5.02 Å². The highest BCUT2D eigenvalue weighted by atomic mass is 35.5. The third kappa shape index (κ3) is 3.36. The molecular formula is C16H15ClFNO. The molecule has 2 nitrogen and oxygen atoms in total. The third-order valence-corrected chi connectivity index (χ3v) is 3.29. The highest BCUT2D eigenvalue weighted by Gasteiger charge is 2.16. The zero-order valence-electron chi connectivity index (χ0n) is 11.4. The zero-order valence-corrected chi connectivity index (χ0v) is 12.1. The lowest BCUT2D eigenvalue weighted by molar-refractivity contribution is 0.0780. The van der Waals surface area contributed by atoms with Gasteiger partial charge >= 0.3 is 0 Å². The maximum Gasteiger partial charge on any atom is 0.256 e. The van der Waals surface area contributed by atoms with Gasteiger partial charge in [-0.25, -0.2) is 4.39 Å².